The van der Waals surface area contributed by atoms with Crippen molar-refractivity contribution >= 4 is 10.0 Å². The van der Waals surface area contributed by atoms with E-state index in [9.17, 15) is 8.42 Å². The van der Waals surface area contributed by atoms with Crippen molar-refractivity contribution < 1.29 is 8.42 Å². The molecule has 0 bridgehead atoms. The lowest BCUT2D eigenvalue weighted by Gasteiger charge is -2.33. The highest BCUT2D eigenvalue weighted by Crippen LogP contribution is 2.15. The molecule has 0 spiro atoms. The number of benzene rings is 2. The summed E-state index contributed by atoms with van der Waals surface area (Å²) >= 11 is 0. The quantitative estimate of drug-likeness (QED) is 0.623. The summed E-state index contributed by atoms with van der Waals surface area (Å²) in [7, 11) is -3.31. The summed E-state index contributed by atoms with van der Waals surface area (Å²) in [6.45, 7) is 2.82. The van der Waals surface area contributed by atoms with E-state index in [4.69, 9.17) is 0 Å². The highest BCUT2D eigenvalue weighted by atomic mass is 32.2. The molecule has 0 amide bonds. The first-order chi connectivity index (χ1) is 13.6. The average molecular weight is 398 g/mol. The monoisotopic (exact) mass is 398 g/mol. The van der Waals surface area contributed by atoms with E-state index in [0.717, 1.165) is 17.1 Å². The van der Waals surface area contributed by atoms with Gasteiger partial charge in [-0.25, -0.2) is 8.42 Å². The molecule has 1 saturated heterocycles. The smallest absolute Gasteiger partial charge is 0.218 e. The maximum atomic E-state index is 12.7. The number of sulfonamides is 1. The third-order valence-corrected chi connectivity index (χ3v) is 6.67. The number of nitrogens with zero attached hydrogens (tertiary/aromatic N) is 6. The van der Waals surface area contributed by atoms with Crippen LogP contribution in [0.15, 0.2) is 60.7 Å². The van der Waals surface area contributed by atoms with Crippen LogP contribution in [0.3, 0.4) is 0 Å². The second kappa shape index (κ2) is 8.17. The van der Waals surface area contributed by atoms with Gasteiger partial charge in [-0.15, -0.1) is 5.10 Å². The molecule has 2 aromatic carbocycles. The minimum absolute atomic E-state index is 0.0418. The second-order valence-corrected chi connectivity index (χ2v) is 8.73. The number of hydrogen-bond donors (Lipinski definition) is 0. The van der Waals surface area contributed by atoms with E-state index < -0.39 is 10.0 Å². The van der Waals surface area contributed by atoms with Gasteiger partial charge in [0, 0.05) is 26.2 Å². The standard InChI is InChI=1S/C19H22N6O2S/c26-28(27,16-17-7-3-1-4-8-17)24-13-11-23(12-14-24)15-19-20-21-22-25(19)18-9-5-2-6-10-18/h1-10H,11-16H2. The van der Waals surface area contributed by atoms with Crippen molar-refractivity contribution in [3.05, 3.63) is 72.1 Å². The molecule has 146 valence electrons. The molecule has 8 nitrogen and oxygen atoms in total. The van der Waals surface area contributed by atoms with E-state index in [1.54, 1.807) is 8.99 Å². The molecule has 0 saturated carbocycles. The Morgan fingerprint density at radius 1 is 0.857 bits per heavy atom. The number of piperazine rings is 1. The van der Waals surface area contributed by atoms with Gasteiger partial charge in [0.25, 0.3) is 0 Å². The molecular weight excluding hydrogens is 376 g/mol. The Labute approximate surface area is 164 Å². The van der Waals surface area contributed by atoms with Gasteiger partial charge in [-0.3, -0.25) is 4.90 Å². The van der Waals surface area contributed by atoms with Crippen molar-refractivity contribution in [2.75, 3.05) is 26.2 Å². The van der Waals surface area contributed by atoms with Crippen LogP contribution in [0.25, 0.3) is 5.69 Å². The van der Waals surface area contributed by atoms with Gasteiger partial charge in [0.2, 0.25) is 10.0 Å². The van der Waals surface area contributed by atoms with Gasteiger partial charge in [-0.05, 0) is 28.1 Å². The maximum Gasteiger partial charge on any atom is 0.218 e. The fourth-order valence-electron chi connectivity index (χ4n) is 3.32. The van der Waals surface area contributed by atoms with Crippen molar-refractivity contribution in [1.29, 1.82) is 0 Å². The molecule has 1 aliphatic rings. The van der Waals surface area contributed by atoms with E-state index in [2.05, 4.69) is 20.4 Å². The topological polar surface area (TPSA) is 84.2 Å². The van der Waals surface area contributed by atoms with Gasteiger partial charge in [0.05, 0.1) is 18.0 Å². The van der Waals surface area contributed by atoms with Crippen LogP contribution in [-0.2, 0) is 22.3 Å². The van der Waals surface area contributed by atoms with Crippen LogP contribution in [0.2, 0.25) is 0 Å². The molecule has 0 unspecified atom stereocenters. The lowest BCUT2D eigenvalue weighted by molar-refractivity contribution is 0.177. The van der Waals surface area contributed by atoms with Crippen molar-refractivity contribution in [1.82, 2.24) is 29.4 Å². The third kappa shape index (κ3) is 4.27. The van der Waals surface area contributed by atoms with Crippen LogP contribution in [0.5, 0.6) is 0 Å². The molecule has 0 atom stereocenters. The van der Waals surface area contributed by atoms with E-state index in [1.807, 2.05) is 60.7 Å². The summed E-state index contributed by atoms with van der Waals surface area (Å²) in [4.78, 5) is 2.18. The highest BCUT2D eigenvalue weighted by Gasteiger charge is 2.27. The Hall–Kier alpha value is -2.62. The molecule has 28 heavy (non-hydrogen) atoms. The number of para-hydroxylation sites is 1. The fraction of sp³-hybridized carbons (Fsp3) is 0.316. The Balaban J connectivity index is 1.37. The fourth-order valence-corrected chi connectivity index (χ4v) is 4.83. The zero-order valence-corrected chi connectivity index (χ0v) is 16.2. The van der Waals surface area contributed by atoms with E-state index >= 15 is 0 Å². The van der Waals surface area contributed by atoms with Gasteiger partial charge >= 0.3 is 0 Å². The molecule has 4 rings (SSSR count). The van der Waals surface area contributed by atoms with E-state index in [-0.39, 0.29) is 5.75 Å². The summed E-state index contributed by atoms with van der Waals surface area (Å²) in [6.07, 6.45) is 0. The number of hydrogen-bond acceptors (Lipinski definition) is 6. The Kier molecular flexibility index (Phi) is 5.47. The van der Waals surface area contributed by atoms with Gasteiger partial charge in [-0.2, -0.15) is 8.99 Å². The van der Waals surface area contributed by atoms with Crippen LogP contribution >= 0.6 is 0 Å². The first-order valence-electron chi connectivity index (χ1n) is 9.19. The zero-order chi connectivity index (χ0) is 19.4. The maximum absolute atomic E-state index is 12.7. The molecule has 1 aliphatic heterocycles. The van der Waals surface area contributed by atoms with Crippen molar-refractivity contribution in [3.8, 4) is 5.69 Å². The predicted octanol–water partition coefficient (Wildman–Crippen LogP) is 1.31. The third-order valence-electron chi connectivity index (χ3n) is 4.82. The number of aromatic nitrogens is 4. The number of tetrazole rings is 1. The zero-order valence-electron chi connectivity index (χ0n) is 15.4. The van der Waals surface area contributed by atoms with Crippen LogP contribution < -0.4 is 0 Å². The molecule has 3 aromatic rings. The van der Waals surface area contributed by atoms with Gasteiger partial charge in [0.15, 0.2) is 5.82 Å². The summed E-state index contributed by atoms with van der Waals surface area (Å²) < 4.78 is 28.7. The molecule has 0 radical (unpaired) electrons. The number of rotatable bonds is 6. The van der Waals surface area contributed by atoms with Crippen molar-refractivity contribution in [2.45, 2.75) is 12.3 Å². The minimum Gasteiger partial charge on any atom is -0.293 e. The SMILES string of the molecule is O=S(=O)(Cc1ccccc1)N1CCN(Cc2nnnn2-c2ccccc2)CC1. The largest absolute Gasteiger partial charge is 0.293 e. The van der Waals surface area contributed by atoms with Crippen LogP contribution in [-0.4, -0.2) is 64.0 Å². The molecule has 1 fully saturated rings. The highest BCUT2D eigenvalue weighted by molar-refractivity contribution is 7.88. The molecule has 2 heterocycles. The lowest BCUT2D eigenvalue weighted by Crippen LogP contribution is -2.48. The summed E-state index contributed by atoms with van der Waals surface area (Å²) in [5.74, 6) is 0.784. The van der Waals surface area contributed by atoms with Gasteiger partial charge < -0.3 is 0 Å². The lowest BCUT2D eigenvalue weighted by atomic mass is 10.2. The predicted molar refractivity (Wildman–Crippen MR) is 105 cm³/mol. The van der Waals surface area contributed by atoms with E-state index in [0.29, 0.717) is 32.7 Å². The Morgan fingerprint density at radius 3 is 2.18 bits per heavy atom. The second-order valence-electron chi connectivity index (χ2n) is 6.76. The average Bonchev–Trinajstić information content (AvgIpc) is 3.18. The normalized spacial score (nSPS) is 16.3. The molecule has 0 N–H and O–H groups in total. The van der Waals surface area contributed by atoms with Gasteiger partial charge in [0.1, 0.15) is 0 Å². The molecule has 9 heteroatoms. The Morgan fingerprint density at radius 2 is 1.50 bits per heavy atom. The molecule has 0 aliphatic carbocycles. The molecular formula is C19H22N6O2S. The van der Waals surface area contributed by atoms with Crippen LogP contribution in [0, 0.1) is 0 Å². The summed E-state index contributed by atoms with van der Waals surface area (Å²) in [5.41, 5.74) is 1.72. The molecule has 1 aromatic heterocycles. The minimum atomic E-state index is -3.31. The van der Waals surface area contributed by atoms with E-state index in [1.165, 1.54) is 0 Å². The summed E-state index contributed by atoms with van der Waals surface area (Å²) in [5, 5.41) is 12.0. The van der Waals surface area contributed by atoms with Crippen LogP contribution in [0.4, 0.5) is 0 Å². The van der Waals surface area contributed by atoms with Gasteiger partial charge in [-0.1, -0.05) is 48.5 Å². The first-order valence-corrected chi connectivity index (χ1v) is 10.8. The Bertz CT molecular complexity index is 999. The first kappa shape index (κ1) is 18.7. The van der Waals surface area contributed by atoms with Crippen molar-refractivity contribution in [3.63, 3.8) is 0 Å². The van der Waals surface area contributed by atoms with Crippen molar-refractivity contribution in [2.24, 2.45) is 0 Å². The van der Waals surface area contributed by atoms with Crippen LogP contribution in [0.1, 0.15) is 11.4 Å². The summed E-state index contributed by atoms with van der Waals surface area (Å²) in [6, 6.07) is 19.0.